The summed E-state index contributed by atoms with van der Waals surface area (Å²) < 4.78 is 0. The molecular formula is C20H22N2O3S. The van der Waals surface area contributed by atoms with Gasteiger partial charge in [0.15, 0.2) is 0 Å². The van der Waals surface area contributed by atoms with Gasteiger partial charge in [-0.25, -0.2) is 4.79 Å². The molecule has 2 heterocycles. The molecule has 2 N–H and O–H groups in total. The molecule has 2 aliphatic rings. The van der Waals surface area contributed by atoms with Crippen LogP contribution < -0.4 is 5.32 Å². The van der Waals surface area contributed by atoms with Crippen LogP contribution in [-0.2, 0) is 4.79 Å². The van der Waals surface area contributed by atoms with Crippen molar-refractivity contribution in [1.82, 2.24) is 10.3 Å². The van der Waals surface area contributed by atoms with E-state index in [1.807, 2.05) is 26.0 Å². The van der Waals surface area contributed by atoms with Crippen LogP contribution in [0.1, 0.15) is 52.4 Å². The van der Waals surface area contributed by atoms with Gasteiger partial charge >= 0.3 is 5.97 Å². The van der Waals surface area contributed by atoms with Crippen LogP contribution in [0.4, 0.5) is 0 Å². The molecule has 0 spiro atoms. The third-order valence-electron chi connectivity index (χ3n) is 5.29. The van der Waals surface area contributed by atoms with E-state index in [9.17, 15) is 14.7 Å². The number of rotatable bonds is 4. The first-order chi connectivity index (χ1) is 12.4. The largest absolute Gasteiger partial charge is 0.479 e. The molecule has 1 aliphatic carbocycles. The van der Waals surface area contributed by atoms with E-state index in [0.29, 0.717) is 23.7 Å². The number of carbonyl (C=O) groups excluding carboxylic acids is 1. The van der Waals surface area contributed by atoms with Crippen molar-refractivity contribution in [1.29, 1.82) is 0 Å². The zero-order valence-electron chi connectivity index (χ0n) is 15.0. The second kappa shape index (κ2) is 6.27. The predicted molar refractivity (Wildman–Crippen MR) is 103 cm³/mol. The first-order valence-electron chi connectivity index (χ1n) is 8.95. The van der Waals surface area contributed by atoms with Gasteiger partial charge in [0.1, 0.15) is 5.54 Å². The molecule has 5 nitrogen and oxygen atoms in total. The number of aromatic nitrogens is 1. The van der Waals surface area contributed by atoms with Gasteiger partial charge in [0.25, 0.3) is 5.91 Å². The number of fused-ring (bicyclic) bond motifs is 1. The monoisotopic (exact) mass is 370 g/mol. The molecule has 1 aromatic heterocycles. The SMILES string of the molecule is Cc1cc(C)c2nc(C3CC3)cc(C(=O)NC3(C(=O)O)CCSC3)c2c1. The predicted octanol–water partition coefficient (Wildman–Crippen LogP) is 3.42. The third-order valence-corrected chi connectivity index (χ3v) is 6.48. The van der Waals surface area contributed by atoms with Gasteiger partial charge in [0.05, 0.1) is 11.1 Å². The van der Waals surface area contributed by atoms with Crippen molar-refractivity contribution in [3.8, 4) is 0 Å². The van der Waals surface area contributed by atoms with Crippen molar-refractivity contribution in [2.75, 3.05) is 11.5 Å². The van der Waals surface area contributed by atoms with E-state index in [1.54, 1.807) is 11.8 Å². The van der Waals surface area contributed by atoms with Crippen LogP contribution in [0.3, 0.4) is 0 Å². The molecule has 0 radical (unpaired) electrons. The molecule has 1 atom stereocenters. The molecule has 1 aliphatic heterocycles. The average Bonchev–Trinajstić information content (AvgIpc) is 3.33. The molecule has 1 saturated heterocycles. The lowest BCUT2D eigenvalue weighted by atomic mass is 9.96. The molecule has 1 saturated carbocycles. The average molecular weight is 370 g/mol. The minimum Gasteiger partial charge on any atom is -0.479 e. The van der Waals surface area contributed by atoms with E-state index in [-0.39, 0.29) is 5.91 Å². The minimum atomic E-state index is -1.17. The fraction of sp³-hybridized carbons (Fsp3) is 0.450. The van der Waals surface area contributed by atoms with E-state index in [0.717, 1.165) is 46.3 Å². The summed E-state index contributed by atoms with van der Waals surface area (Å²) in [5.41, 5.74) is 3.27. The van der Waals surface area contributed by atoms with Gasteiger partial charge in [0.2, 0.25) is 0 Å². The summed E-state index contributed by atoms with van der Waals surface area (Å²) in [6.07, 6.45) is 2.65. The number of carboxylic acids is 1. The first-order valence-corrected chi connectivity index (χ1v) is 10.1. The molecule has 1 aromatic carbocycles. The highest BCUT2D eigenvalue weighted by Crippen LogP contribution is 2.40. The molecule has 2 aromatic rings. The Bertz CT molecular complexity index is 915. The Morgan fingerprint density at radius 2 is 2.04 bits per heavy atom. The maximum absolute atomic E-state index is 13.1. The number of hydrogen-bond acceptors (Lipinski definition) is 4. The lowest BCUT2D eigenvalue weighted by Crippen LogP contribution is -2.54. The molecule has 6 heteroatoms. The van der Waals surface area contributed by atoms with E-state index >= 15 is 0 Å². The molecule has 1 amide bonds. The number of carboxylic acid groups (broad SMARTS) is 1. The third kappa shape index (κ3) is 2.96. The number of thioether (sulfide) groups is 1. The second-order valence-corrected chi connectivity index (χ2v) is 8.60. The highest BCUT2D eigenvalue weighted by molar-refractivity contribution is 7.99. The van der Waals surface area contributed by atoms with Crippen molar-refractivity contribution in [2.45, 2.75) is 44.6 Å². The molecule has 1 unspecified atom stereocenters. The maximum Gasteiger partial charge on any atom is 0.330 e. The Balaban J connectivity index is 1.81. The van der Waals surface area contributed by atoms with Crippen LogP contribution in [-0.4, -0.2) is 39.0 Å². The Morgan fingerprint density at radius 3 is 2.65 bits per heavy atom. The van der Waals surface area contributed by atoms with Crippen LogP contribution in [0.25, 0.3) is 10.9 Å². The molecule has 136 valence electrons. The van der Waals surface area contributed by atoms with Crippen LogP contribution in [0.5, 0.6) is 0 Å². The molecule has 2 fully saturated rings. The topological polar surface area (TPSA) is 79.3 Å². The Morgan fingerprint density at radius 1 is 1.27 bits per heavy atom. The van der Waals surface area contributed by atoms with Gasteiger partial charge in [-0.3, -0.25) is 9.78 Å². The summed E-state index contributed by atoms with van der Waals surface area (Å²) >= 11 is 1.57. The van der Waals surface area contributed by atoms with Crippen molar-refractivity contribution in [3.05, 3.63) is 40.6 Å². The first kappa shape index (κ1) is 17.3. The summed E-state index contributed by atoms with van der Waals surface area (Å²) in [6, 6.07) is 5.91. The van der Waals surface area contributed by atoms with Crippen molar-refractivity contribution < 1.29 is 14.7 Å². The summed E-state index contributed by atoms with van der Waals surface area (Å²) in [4.78, 5) is 29.7. The Kier molecular flexibility index (Phi) is 4.18. The maximum atomic E-state index is 13.1. The highest BCUT2D eigenvalue weighted by Gasteiger charge is 2.43. The van der Waals surface area contributed by atoms with Crippen molar-refractivity contribution in [2.24, 2.45) is 0 Å². The molecule has 0 bridgehead atoms. The fourth-order valence-electron chi connectivity index (χ4n) is 3.65. The van der Waals surface area contributed by atoms with E-state index < -0.39 is 11.5 Å². The standard InChI is InChI=1S/C20H22N2O3S/c1-11-7-12(2)17-14(8-11)15(9-16(21-17)13-3-4-13)18(23)22-20(19(24)25)5-6-26-10-20/h7-9,13H,3-6,10H2,1-2H3,(H,22,23)(H,24,25). The van der Waals surface area contributed by atoms with Crippen LogP contribution >= 0.6 is 11.8 Å². The fourth-order valence-corrected chi connectivity index (χ4v) is 4.97. The second-order valence-electron chi connectivity index (χ2n) is 7.49. The normalized spacial score (nSPS) is 22.5. The van der Waals surface area contributed by atoms with Crippen molar-refractivity contribution in [3.63, 3.8) is 0 Å². The lowest BCUT2D eigenvalue weighted by molar-refractivity contribution is -0.143. The van der Waals surface area contributed by atoms with Gasteiger partial charge in [-0.1, -0.05) is 11.6 Å². The molecular weight excluding hydrogens is 348 g/mol. The van der Waals surface area contributed by atoms with Gasteiger partial charge < -0.3 is 10.4 Å². The van der Waals surface area contributed by atoms with E-state index in [2.05, 4.69) is 11.4 Å². The summed E-state index contributed by atoms with van der Waals surface area (Å²) in [5, 5.41) is 13.3. The van der Waals surface area contributed by atoms with Crippen LogP contribution in [0, 0.1) is 13.8 Å². The van der Waals surface area contributed by atoms with Gasteiger partial charge in [-0.2, -0.15) is 11.8 Å². The van der Waals surface area contributed by atoms with Gasteiger partial charge in [0, 0.05) is 22.8 Å². The summed E-state index contributed by atoms with van der Waals surface area (Å²) in [5.74, 6) is 0.306. The zero-order chi connectivity index (χ0) is 18.5. The highest BCUT2D eigenvalue weighted by atomic mass is 32.2. The quantitative estimate of drug-likeness (QED) is 0.862. The summed E-state index contributed by atoms with van der Waals surface area (Å²) in [7, 11) is 0. The number of benzene rings is 1. The van der Waals surface area contributed by atoms with E-state index in [1.165, 1.54) is 0 Å². The van der Waals surface area contributed by atoms with Crippen LogP contribution in [0.2, 0.25) is 0 Å². The van der Waals surface area contributed by atoms with Gasteiger partial charge in [-0.15, -0.1) is 0 Å². The van der Waals surface area contributed by atoms with Crippen molar-refractivity contribution >= 4 is 34.5 Å². The van der Waals surface area contributed by atoms with Crippen LogP contribution in [0.15, 0.2) is 18.2 Å². The number of carbonyl (C=O) groups is 2. The van der Waals surface area contributed by atoms with E-state index in [4.69, 9.17) is 4.98 Å². The smallest absolute Gasteiger partial charge is 0.330 e. The number of aliphatic carboxylic acids is 1. The number of nitrogens with one attached hydrogen (secondary N) is 1. The Labute approximate surface area is 156 Å². The minimum absolute atomic E-state index is 0.311. The lowest BCUT2D eigenvalue weighted by Gasteiger charge is -2.25. The number of hydrogen-bond donors (Lipinski definition) is 2. The molecule has 26 heavy (non-hydrogen) atoms. The molecule has 4 rings (SSSR count). The number of amides is 1. The Hall–Kier alpha value is -2.08. The van der Waals surface area contributed by atoms with Gasteiger partial charge in [-0.05, 0) is 56.6 Å². The summed E-state index contributed by atoms with van der Waals surface area (Å²) in [6.45, 7) is 4.00. The number of nitrogens with zero attached hydrogens (tertiary/aromatic N) is 1. The number of pyridine rings is 1. The zero-order valence-corrected chi connectivity index (χ0v) is 15.8. The number of aryl methyl sites for hydroxylation is 2.